The number of aliphatic hydroxyl groups excluding tert-OH is 1. The van der Waals surface area contributed by atoms with Gasteiger partial charge in [-0.05, 0) is 38.5 Å². The van der Waals surface area contributed by atoms with Gasteiger partial charge in [-0.25, -0.2) is 4.79 Å². The fourth-order valence-corrected chi connectivity index (χ4v) is 1.91. The number of halogens is 1. The van der Waals surface area contributed by atoms with E-state index < -0.39 is 17.8 Å². The molecule has 0 heterocycles. The number of benzene rings is 1. The predicted octanol–water partition coefficient (Wildman–Crippen LogP) is 3.35. The number of amides is 1. The largest absolute Gasteiger partial charge is 0.444 e. The third kappa shape index (κ3) is 5.61. The zero-order valence-corrected chi connectivity index (χ0v) is 13.3. The number of ether oxygens (including phenoxy) is 1. The van der Waals surface area contributed by atoms with Crippen LogP contribution in [0.4, 0.5) is 4.79 Å². The Morgan fingerprint density at radius 2 is 2.11 bits per heavy atom. The number of hydrogen-bond acceptors (Lipinski definition) is 3. The first-order valence-electron chi connectivity index (χ1n) is 6.06. The Hall–Kier alpha value is -1.07. The molecule has 0 spiro atoms. The molecule has 1 rings (SSSR count). The van der Waals surface area contributed by atoms with Gasteiger partial charge in [0, 0.05) is 11.5 Å². The highest BCUT2D eigenvalue weighted by Gasteiger charge is 2.21. The van der Waals surface area contributed by atoms with Gasteiger partial charge in [0.1, 0.15) is 5.60 Å². The summed E-state index contributed by atoms with van der Waals surface area (Å²) in [6.07, 6.45) is -1.18. The summed E-state index contributed by atoms with van der Waals surface area (Å²) >= 11 is 3.35. The van der Waals surface area contributed by atoms with Crippen LogP contribution < -0.4 is 0 Å². The van der Waals surface area contributed by atoms with Gasteiger partial charge in [-0.15, -0.1) is 0 Å². The van der Waals surface area contributed by atoms with Crippen LogP contribution >= 0.6 is 15.9 Å². The predicted molar refractivity (Wildman–Crippen MR) is 78.0 cm³/mol. The Morgan fingerprint density at radius 1 is 1.47 bits per heavy atom. The van der Waals surface area contributed by atoms with Crippen molar-refractivity contribution in [1.29, 1.82) is 0 Å². The van der Waals surface area contributed by atoms with Crippen LogP contribution in [0.1, 0.15) is 32.4 Å². The van der Waals surface area contributed by atoms with E-state index in [0.29, 0.717) is 0 Å². The van der Waals surface area contributed by atoms with Crippen LogP contribution in [0.25, 0.3) is 0 Å². The number of aliphatic hydroxyl groups is 1. The van der Waals surface area contributed by atoms with Crippen LogP contribution in [0.2, 0.25) is 0 Å². The summed E-state index contributed by atoms with van der Waals surface area (Å²) < 4.78 is 6.12. The van der Waals surface area contributed by atoms with Crippen molar-refractivity contribution in [2.75, 3.05) is 13.6 Å². The molecule has 0 aliphatic heterocycles. The molecular weight excluding hydrogens is 310 g/mol. The lowest BCUT2D eigenvalue weighted by molar-refractivity contribution is 0.0205. The van der Waals surface area contributed by atoms with Crippen LogP contribution in [0.3, 0.4) is 0 Å². The van der Waals surface area contributed by atoms with Crippen LogP contribution in [0.5, 0.6) is 0 Å². The van der Waals surface area contributed by atoms with Gasteiger partial charge in [0.05, 0.1) is 12.6 Å². The highest BCUT2D eigenvalue weighted by molar-refractivity contribution is 9.10. The second-order valence-corrected chi connectivity index (χ2v) is 6.35. The fourth-order valence-electron chi connectivity index (χ4n) is 1.49. The summed E-state index contributed by atoms with van der Waals surface area (Å²) in [6, 6.07) is 7.37. The number of likely N-dealkylation sites (N-methyl/N-ethyl adjacent to an activating group) is 1. The molecule has 0 saturated heterocycles. The van der Waals surface area contributed by atoms with Crippen LogP contribution in [0, 0.1) is 0 Å². The van der Waals surface area contributed by atoms with Gasteiger partial charge in [0.25, 0.3) is 0 Å². The van der Waals surface area contributed by atoms with Crippen LogP contribution in [0.15, 0.2) is 28.7 Å². The van der Waals surface area contributed by atoms with Crippen molar-refractivity contribution in [2.45, 2.75) is 32.5 Å². The summed E-state index contributed by atoms with van der Waals surface area (Å²) in [5.41, 5.74) is 0.219. The SMILES string of the molecule is CN(CC(O)c1cccc(Br)c1)C(=O)OC(C)(C)C. The Bertz CT molecular complexity index is 443. The molecule has 1 amide bonds. The molecular formula is C14H20BrNO3. The first kappa shape index (κ1) is 16.0. The van der Waals surface area contributed by atoms with Crippen molar-refractivity contribution in [3.05, 3.63) is 34.3 Å². The highest BCUT2D eigenvalue weighted by atomic mass is 79.9. The van der Waals surface area contributed by atoms with E-state index in [1.807, 2.05) is 45.0 Å². The first-order chi connectivity index (χ1) is 8.69. The number of carbonyl (C=O) groups is 1. The quantitative estimate of drug-likeness (QED) is 0.925. The molecule has 1 N–H and O–H groups in total. The van der Waals surface area contributed by atoms with Gasteiger partial charge in [-0.3, -0.25) is 0 Å². The lowest BCUT2D eigenvalue weighted by Gasteiger charge is -2.26. The minimum atomic E-state index is -0.741. The minimum absolute atomic E-state index is 0.186. The Morgan fingerprint density at radius 3 is 2.63 bits per heavy atom. The Balaban J connectivity index is 2.61. The molecule has 1 aromatic rings. The average molecular weight is 330 g/mol. The van der Waals surface area contributed by atoms with E-state index in [4.69, 9.17) is 4.74 Å². The second kappa shape index (κ2) is 6.39. The van der Waals surface area contributed by atoms with Crippen molar-refractivity contribution in [3.63, 3.8) is 0 Å². The summed E-state index contributed by atoms with van der Waals surface area (Å²) in [4.78, 5) is 13.1. The number of nitrogens with zero attached hydrogens (tertiary/aromatic N) is 1. The Kier molecular flexibility index (Phi) is 5.38. The maximum absolute atomic E-state index is 11.8. The van der Waals surface area contributed by atoms with Crippen molar-refractivity contribution < 1.29 is 14.6 Å². The third-order valence-electron chi connectivity index (χ3n) is 2.39. The zero-order valence-electron chi connectivity index (χ0n) is 11.7. The fraction of sp³-hybridized carbons (Fsp3) is 0.500. The molecule has 0 radical (unpaired) electrons. The van der Waals surface area contributed by atoms with E-state index in [1.165, 1.54) is 4.90 Å². The van der Waals surface area contributed by atoms with Crippen LogP contribution in [-0.2, 0) is 4.74 Å². The number of carbonyl (C=O) groups excluding carboxylic acids is 1. The molecule has 106 valence electrons. The van der Waals surface area contributed by atoms with Gasteiger partial charge in [0.15, 0.2) is 0 Å². The smallest absolute Gasteiger partial charge is 0.410 e. The standard InChI is InChI=1S/C14H20BrNO3/c1-14(2,3)19-13(18)16(4)9-12(17)10-6-5-7-11(15)8-10/h5-8,12,17H,9H2,1-4H3. The molecule has 4 nitrogen and oxygen atoms in total. The Labute approximate surface area is 122 Å². The van der Waals surface area contributed by atoms with Crippen LogP contribution in [-0.4, -0.2) is 35.3 Å². The zero-order chi connectivity index (χ0) is 14.6. The van der Waals surface area contributed by atoms with E-state index in [2.05, 4.69) is 15.9 Å². The van der Waals surface area contributed by atoms with Crippen molar-refractivity contribution >= 4 is 22.0 Å². The minimum Gasteiger partial charge on any atom is -0.444 e. The average Bonchev–Trinajstić information content (AvgIpc) is 2.26. The maximum atomic E-state index is 11.8. The molecule has 0 aliphatic rings. The molecule has 0 aromatic heterocycles. The summed E-state index contributed by atoms with van der Waals surface area (Å²) in [7, 11) is 1.61. The van der Waals surface area contributed by atoms with Crippen molar-refractivity contribution in [1.82, 2.24) is 4.90 Å². The van der Waals surface area contributed by atoms with E-state index in [9.17, 15) is 9.90 Å². The molecule has 1 atom stereocenters. The monoisotopic (exact) mass is 329 g/mol. The molecule has 1 unspecified atom stereocenters. The van der Waals surface area contributed by atoms with Gasteiger partial charge in [-0.2, -0.15) is 0 Å². The first-order valence-corrected chi connectivity index (χ1v) is 6.86. The number of hydrogen-bond donors (Lipinski definition) is 1. The normalized spacial score (nSPS) is 12.9. The van der Waals surface area contributed by atoms with E-state index >= 15 is 0 Å². The molecule has 0 fully saturated rings. The molecule has 0 saturated carbocycles. The van der Waals surface area contributed by atoms with E-state index in [-0.39, 0.29) is 6.54 Å². The summed E-state index contributed by atoms with van der Waals surface area (Å²) in [5.74, 6) is 0. The van der Waals surface area contributed by atoms with Gasteiger partial charge < -0.3 is 14.7 Å². The summed E-state index contributed by atoms with van der Waals surface area (Å²) in [5, 5.41) is 10.1. The van der Waals surface area contributed by atoms with Gasteiger partial charge in [-0.1, -0.05) is 28.1 Å². The second-order valence-electron chi connectivity index (χ2n) is 5.43. The van der Waals surface area contributed by atoms with Gasteiger partial charge in [0.2, 0.25) is 0 Å². The van der Waals surface area contributed by atoms with E-state index in [1.54, 1.807) is 7.05 Å². The molecule has 0 bridgehead atoms. The lowest BCUT2D eigenvalue weighted by Crippen LogP contribution is -2.36. The molecule has 1 aromatic carbocycles. The highest BCUT2D eigenvalue weighted by Crippen LogP contribution is 2.19. The third-order valence-corrected chi connectivity index (χ3v) is 2.88. The topological polar surface area (TPSA) is 49.8 Å². The number of rotatable bonds is 3. The molecule has 5 heteroatoms. The summed E-state index contributed by atoms with van der Waals surface area (Å²) in [6.45, 7) is 5.61. The molecule has 0 aliphatic carbocycles. The van der Waals surface area contributed by atoms with Gasteiger partial charge >= 0.3 is 6.09 Å². The lowest BCUT2D eigenvalue weighted by atomic mass is 10.1. The maximum Gasteiger partial charge on any atom is 0.410 e. The van der Waals surface area contributed by atoms with Crippen molar-refractivity contribution in [2.24, 2.45) is 0 Å². The van der Waals surface area contributed by atoms with Crippen molar-refractivity contribution in [3.8, 4) is 0 Å². The molecule has 19 heavy (non-hydrogen) atoms. The van der Waals surface area contributed by atoms with E-state index in [0.717, 1.165) is 10.0 Å².